The van der Waals surface area contributed by atoms with E-state index in [0.29, 0.717) is 6.42 Å². The van der Waals surface area contributed by atoms with Crippen LogP contribution < -0.4 is 5.73 Å². The standard InChI is InChI=1S/C6H13NO2.ClH/c1-5(7)3-2-4-6(8)9;/h5H,2-4,7H2,1H3,(H,8,9);1H/t5-;/m1./s1. The third kappa shape index (κ3) is 10.7. The molecule has 0 rings (SSSR count). The van der Waals surface area contributed by atoms with Crippen LogP contribution in [0.1, 0.15) is 26.2 Å². The Morgan fingerprint density at radius 3 is 2.50 bits per heavy atom. The van der Waals surface area contributed by atoms with E-state index in [4.69, 9.17) is 10.8 Å². The molecule has 0 fully saturated rings. The summed E-state index contributed by atoms with van der Waals surface area (Å²) in [6.07, 6.45) is 1.72. The van der Waals surface area contributed by atoms with Gasteiger partial charge >= 0.3 is 5.97 Å². The Morgan fingerprint density at radius 1 is 1.70 bits per heavy atom. The van der Waals surface area contributed by atoms with Gasteiger partial charge in [-0.25, -0.2) is 0 Å². The van der Waals surface area contributed by atoms with Crippen molar-refractivity contribution in [3.63, 3.8) is 0 Å². The highest BCUT2D eigenvalue weighted by Crippen LogP contribution is 1.96. The first-order chi connectivity index (χ1) is 4.13. The molecule has 0 spiro atoms. The van der Waals surface area contributed by atoms with Gasteiger partial charge in [0.15, 0.2) is 0 Å². The number of carboxylic acid groups (broad SMARTS) is 1. The summed E-state index contributed by atoms with van der Waals surface area (Å²) in [4.78, 5) is 9.94. The minimum atomic E-state index is -0.740. The van der Waals surface area contributed by atoms with Crippen molar-refractivity contribution in [2.24, 2.45) is 5.73 Å². The maximum absolute atomic E-state index is 9.94. The van der Waals surface area contributed by atoms with E-state index in [-0.39, 0.29) is 24.9 Å². The second kappa shape index (κ2) is 6.83. The first-order valence-electron chi connectivity index (χ1n) is 3.10. The van der Waals surface area contributed by atoms with Gasteiger partial charge in [-0.05, 0) is 19.8 Å². The lowest BCUT2D eigenvalue weighted by Gasteiger charge is -2.00. The number of halogens is 1. The second-order valence-electron chi connectivity index (χ2n) is 2.26. The summed E-state index contributed by atoms with van der Waals surface area (Å²) in [5.74, 6) is -0.740. The molecule has 1 atom stereocenters. The van der Waals surface area contributed by atoms with Crippen LogP contribution in [0, 0.1) is 0 Å². The Hall–Kier alpha value is -0.280. The van der Waals surface area contributed by atoms with Gasteiger partial charge in [0.1, 0.15) is 0 Å². The van der Waals surface area contributed by atoms with Crippen LogP contribution in [0.4, 0.5) is 0 Å². The zero-order valence-corrected chi connectivity index (χ0v) is 6.86. The molecule has 0 saturated carbocycles. The molecule has 3 nitrogen and oxygen atoms in total. The van der Waals surface area contributed by atoms with Crippen molar-refractivity contribution in [3.8, 4) is 0 Å². The molecule has 10 heavy (non-hydrogen) atoms. The smallest absolute Gasteiger partial charge is 0.303 e. The van der Waals surface area contributed by atoms with Crippen LogP contribution in [0.3, 0.4) is 0 Å². The molecule has 0 aliphatic carbocycles. The predicted octanol–water partition coefficient (Wildman–Crippen LogP) is 1.01. The molecule has 0 aliphatic rings. The highest BCUT2D eigenvalue weighted by Gasteiger charge is 1.97. The fraction of sp³-hybridized carbons (Fsp3) is 0.833. The lowest BCUT2D eigenvalue weighted by atomic mass is 10.1. The Bertz CT molecular complexity index is 95.7. The molecule has 4 heteroatoms. The molecule has 0 aromatic heterocycles. The van der Waals surface area contributed by atoms with Crippen LogP contribution in [-0.4, -0.2) is 17.1 Å². The summed E-state index contributed by atoms with van der Waals surface area (Å²) in [6.45, 7) is 1.88. The van der Waals surface area contributed by atoms with E-state index in [1.54, 1.807) is 0 Å². The van der Waals surface area contributed by atoms with Gasteiger partial charge in [0, 0.05) is 12.5 Å². The van der Waals surface area contributed by atoms with E-state index in [0.717, 1.165) is 6.42 Å². The topological polar surface area (TPSA) is 63.3 Å². The maximum Gasteiger partial charge on any atom is 0.303 e. The summed E-state index contributed by atoms with van der Waals surface area (Å²) < 4.78 is 0. The minimum Gasteiger partial charge on any atom is -0.481 e. The van der Waals surface area contributed by atoms with Gasteiger partial charge in [0.25, 0.3) is 0 Å². The van der Waals surface area contributed by atoms with E-state index in [2.05, 4.69) is 0 Å². The van der Waals surface area contributed by atoms with E-state index >= 15 is 0 Å². The molecular weight excluding hydrogens is 154 g/mol. The summed E-state index contributed by atoms with van der Waals surface area (Å²) in [5, 5.41) is 8.19. The van der Waals surface area contributed by atoms with Crippen molar-refractivity contribution >= 4 is 18.4 Å². The fourth-order valence-corrected chi connectivity index (χ4v) is 0.575. The van der Waals surface area contributed by atoms with Gasteiger partial charge in [-0.1, -0.05) is 0 Å². The number of carbonyl (C=O) groups is 1. The van der Waals surface area contributed by atoms with E-state index in [1.807, 2.05) is 6.92 Å². The number of aliphatic carboxylic acids is 1. The van der Waals surface area contributed by atoms with Gasteiger partial charge in [-0.2, -0.15) is 0 Å². The van der Waals surface area contributed by atoms with Crippen LogP contribution in [0.5, 0.6) is 0 Å². The van der Waals surface area contributed by atoms with Crippen LogP contribution in [-0.2, 0) is 4.79 Å². The van der Waals surface area contributed by atoms with Crippen LogP contribution in [0.15, 0.2) is 0 Å². The highest BCUT2D eigenvalue weighted by atomic mass is 35.5. The Labute approximate surface area is 67.0 Å². The summed E-state index contributed by atoms with van der Waals surface area (Å²) in [6, 6.07) is 0.129. The molecule has 0 heterocycles. The lowest BCUT2D eigenvalue weighted by Crippen LogP contribution is -2.14. The first-order valence-corrected chi connectivity index (χ1v) is 3.10. The molecular formula is C6H14ClNO2. The average Bonchev–Trinajstić information content (AvgIpc) is 1.63. The van der Waals surface area contributed by atoms with Gasteiger partial charge in [-0.3, -0.25) is 4.79 Å². The normalized spacial score (nSPS) is 11.8. The Kier molecular flexibility index (Phi) is 8.48. The van der Waals surface area contributed by atoms with Crippen molar-refractivity contribution < 1.29 is 9.90 Å². The largest absolute Gasteiger partial charge is 0.481 e. The maximum atomic E-state index is 9.94. The number of nitrogens with two attached hydrogens (primary N) is 1. The van der Waals surface area contributed by atoms with Crippen molar-refractivity contribution in [3.05, 3.63) is 0 Å². The van der Waals surface area contributed by atoms with Crippen molar-refractivity contribution in [1.29, 1.82) is 0 Å². The molecule has 3 N–H and O–H groups in total. The number of carboxylic acids is 1. The highest BCUT2D eigenvalue weighted by molar-refractivity contribution is 5.85. The van der Waals surface area contributed by atoms with E-state index in [9.17, 15) is 4.79 Å². The zero-order chi connectivity index (χ0) is 7.28. The quantitative estimate of drug-likeness (QED) is 0.657. The fourth-order valence-electron chi connectivity index (χ4n) is 0.575. The second-order valence-corrected chi connectivity index (χ2v) is 2.26. The van der Waals surface area contributed by atoms with E-state index < -0.39 is 5.97 Å². The molecule has 0 aliphatic heterocycles. The zero-order valence-electron chi connectivity index (χ0n) is 6.04. The molecule has 0 bridgehead atoms. The molecule has 0 radical (unpaired) electrons. The third-order valence-corrected chi connectivity index (χ3v) is 1.05. The van der Waals surface area contributed by atoms with Crippen molar-refractivity contribution in [1.82, 2.24) is 0 Å². The molecule has 0 amide bonds. The Balaban J connectivity index is 0. The minimum absolute atomic E-state index is 0. The SMILES string of the molecule is C[C@@H](N)CCCC(=O)O.Cl. The average molecular weight is 168 g/mol. The monoisotopic (exact) mass is 167 g/mol. The Morgan fingerprint density at radius 2 is 2.20 bits per heavy atom. The van der Waals surface area contributed by atoms with Crippen molar-refractivity contribution in [2.45, 2.75) is 32.2 Å². The van der Waals surface area contributed by atoms with Gasteiger partial charge < -0.3 is 10.8 Å². The number of rotatable bonds is 4. The van der Waals surface area contributed by atoms with Crippen LogP contribution in [0.2, 0.25) is 0 Å². The summed E-state index contributed by atoms with van der Waals surface area (Å²) in [5.41, 5.74) is 5.39. The van der Waals surface area contributed by atoms with Gasteiger partial charge in [0.2, 0.25) is 0 Å². The molecule has 0 aromatic rings. The molecule has 62 valence electrons. The van der Waals surface area contributed by atoms with Crippen LogP contribution >= 0.6 is 12.4 Å². The number of hydrogen-bond acceptors (Lipinski definition) is 2. The van der Waals surface area contributed by atoms with Crippen molar-refractivity contribution in [2.75, 3.05) is 0 Å². The predicted molar refractivity (Wildman–Crippen MR) is 42.4 cm³/mol. The number of hydrogen-bond donors (Lipinski definition) is 2. The molecule has 0 unspecified atom stereocenters. The lowest BCUT2D eigenvalue weighted by molar-refractivity contribution is -0.137. The molecule has 0 aromatic carbocycles. The van der Waals surface area contributed by atoms with E-state index in [1.165, 1.54) is 0 Å². The van der Waals surface area contributed by atoms with Crippen LogP contribution in [0.25, 0.3) is 0 Å². The summed E-state index contributed by atoms with van der Waals surface area (Å²) >= 11 is 0. The third-order valence-electron chi connectivity index (χ3n) is 1.05. The van der Waals surface area contributed by atoms with Gasteiger partial charge in [0.05, 0.1) is 0 Å². The summed E-state index contributed by atoms with van der Waals surface area (Å²) in [7, 11) is 0. The molecule has 0 saturated heterocycles. The van der Waals surface area contributed by atoms with Gasteiger partial charge in [-0.15, -0.1) is 12.4 Å². The first kappa shape index (κ1) is 12.4.